The molecule has 0 heterocycles. The number of benzene rings is 1. The normalized spacial score (nSPS) is 14.3. The number of methoxy groups -OCH3 is 2. The fourth-order valence-electron chi connectivity index (χ4n) is 1.47. The lowest BCUT2D eigenvalue weighted by molar-refractivity contribution is -0.159. The van der Waals surface area contributed by atoms with E-state index in [2.05, 4.69) is 25.4 Å². The molecule has 1 rings (SSSR count). The van der Waals surface area contributed by atoms with Crippen LogP contribution in [-0.4, -0.2) is 45.9 Å². The highest BCUT2D eigenvalue weighted by molar-refractivity contribution is 9.10. The third kappa shape index (κ3) is 4.40. The molecule has 0 aliphatic rings. The lowest BCUT2D eigenvalue weighted by Gasteiger charge is -2.20. The van der Waals surface area contributed by atoms with Crippen LogP contribution in [-0.2, 0) is 19.6 Å². The van der Waals surface area contributed by atoms with Crippen LogP contribution in [0.15, 0.2) is 27.6 Å². The number of esters is 1. The molecule has 0 saturated carbocycles. The second-order valence-electron chi connectivity index (χ2n) is 4.39. The van der Waals surface area contributed by atoms with Crippen molar-refractivity contribution < 1.29 is 27.8 Å². The standard InChI is InChI=1S/C12H16BrNO6S/c1-12(16,11(15)20-3)7-14-21(17,18)10-6-8(13)4-5-9(10)19-2/h4-6,14,16H,7H2,1-3H3/t12-/m0/s1. The summed E-state index contributed by atoms with van der Waals surface area (Å²) in [6, 6.07) is 4.47. The predicted octanol–water partition coefficient (Wildman–Crippen LogP) is 0.660. The first-order valence-corrected chi connectivity index (χ1v) is 8.05. The lowest BCUT2D eigenvalue weighted by atomic mass is 10.1. The quantitative estimate of drug-likeness (QED) is 0.701. The van der Waals surface area contributed by atoms with Gasteiger partial charge in [0, 0.05) is 4.47 Å². The van der Waals surface area contributed by atoms with Gasteiger partial charge in [0.05, 0.1) is 20.8 Å². The molecule has 0 saturated heterocycles. The Balaban J connectivity index is 3.03. The van der Waals surface area contributed by atoms with Gasteiger partial charge >= 0.3 is 5.97 Å². The van der Waals surface area contributed by atoms with Crippen LogP contribution in [0, 0.1) is 0 Å². The zero-order valence-corrected chi connectivity index (χ0v) is 14.1. The molecule has 7 nitrogen and oxygen atoms in total. The van der Waals surface area contributed by atoms with E-state index in [0.717, 1.165) is 14.0 Å². The van der Waals surface area contributed by atoms with Gasteiger partial charge in [0.15, 0.2) is 5.60 Å². The van der Waals surface area contributed by atoms with Crippen LogP contribution in [0.4, 0.5) is 0 Å². The van der Waals surface area contributed by atoms with Crippen molar-refractivity contribution >= 4 is 31.9 Å². The summed E-state index contributed by atoms with van der Waals surface area (Å²) in [4.78, 5) is 11.2. The highest BCUT2D eigenvalue weighted by Crippen LogP contribution is 2.27. The smallest absolute Gasteiger partial charge is 0.338 e. The van der Waals surface area contributed by atoms with Gasteiger partial charge in [-0.05, 0) is 25.1 Å². The summed E-state index contributed by atoms with van der Waals surface area (Å²) in [6.07, 6.45) is 0. The van der Waals surface area contributed by atoms with Crippen LogP contribution in [0.25, 0.3) is 0 Å². The van der Waals surface area contributed by atoms with Crippen LogP contribution >= 0.6 is 15.9 Å². The average molecular weight is 382 g/mol. The Labute approximate surface area is 131 Å². The second kappa shape index (κ2) is 6.73. The fourth-order valence-corrected chi connectivity index (χ4v) is 3.30. The van der Waals surface area contributed by atoms with E-state index >= 15 is 0 Å². The Kier molecular flexibility index (Phi) is 5.74. The fraction of sp³-hybridized carbons (Fsp3) is 0.417. The summed E-state index contributed by atoms with van der Waals surface area (Å²) in [7, 11) is -1.53. The summed E-state index contributed by atoms with van der Waals surface area (Å²) in [5, 5.41) is 9.83. The minimum Gasteiger partial charge on any atom is -0.495 e. The van der Waals surface area contributed by atoms with E-state index in [9.17, 15) is 18.3 Å². The topological polar surface area (TPSA) is 102 Å². The minimum atomic E-state index is -3.97. The number of halogens is 1. The van der Waals surface area contributed by atoms with Gasteiger partial charge in [-0.2, -0.15) is 0 Å². The first-order chi connectivity index (χ1) is 9.64. The molecule has 1 atom stereocenters. The van der Waals surface area contributed by atoms with Gasteiger partial charge in [-0.25, -0.2) is 17.9 Å². The van der Waals surface area contributed by atoms with E-state index < -0.39 is 28.1 Å². The molecular weight excluding hydrogens is 366 g/mol. The number of rotatable bonds is 6. The van der Waals surface area contributed by atoms with Crippen molar-refractivity contribution in [1.29, 1.82) is 0 Å². The van der Waals surface area contributed by atoms with Gasteiger partial charge in [-0.1, -0.05) is 15.9 Å². The number of hydrogen-bond donors (Lipinski definition) is 2. The zero-order chi connectivity index (χ0) is 16.3. The molecule has 0 amide bonds. The van der Waals surface area contributed by atoms with Crippen LogP contribution in [0.2, 0.25) is 0 Å². The Hall–Kier alpha value is -1.16. The Morgan fingerprint density at radius 2 is 2.05 bits per heavy atom. The van der Waals surface area contributed by atoms with Crippen molar-refractivity contribution in [3.63, 3.8) is 0 Å². The van der Waals surface area contributed by atoms with Crippen molar-refractivity contribution in [2.75, 3.05) is 20.8 Å². The SMILES string of the molecule is COC(=O)[C@@](C)(O)CNS(=O)(=O)c1cc(Br)ccc1OC. The van der Waals surface area contributed by atoms with E-state index in [1.807, 2.05) is 0 Å². The molecule has 0 bridgehead atoms. The highest BCUT2D eigenvalue weighted by Gasteiger charge is 2.33. The maximum absolute atomic E-state index is 12.2. The molecule has 1 aromatic carbocycles. The number of hydrogen-bond acceptors (Lipinski definition) is 6. The maximum atomic E-state index is 12.2. The number of sulfonamides is 1. The largest absolute Gasteiger partial charge is 0.495 e. The van der Waals surface area contributed by atoms with E-state index in [0.29, 0.717) is 4.47 Å². The molecule has 0 fully saturated rings. The third-order valence-corrected chi connectivity index (χ3v) is 4.56. The van der Waals surface area contributed by atoms with Crippen molar-refractivity contribution in [3.8, 4) is 5.75 Å². The van der Waals surface area contributed by atoms with Gasteiger partial charge in [0.2, 0.25) is 10.0 Å². The Morgan fingerprint density at radius 3 is 2.57 bits per heavy atom. The number of ether oxygens (including phenoxy) is 2. The molecule has 0 spiro atoms. The van der Waals surface area contributed by atoms with Gasteiger partial charge in [-0.3, -0.25) is 0 Å². The van der Waals surface area contributed by atoms with Gasteiger partial charge < -0.3 is 14.6 Å². The molecule has 21 heavy (non-hydrogen) atoms. The van der Waals surface area contributed by atoms with Gasteiger partial charge in [0.25, 0.3) is 0 Å². The van der Waals surface area contributed by atoms with Crippen molar-refractivity contribution in [3.05, 3.63) is 22.7 Å². The molecule has 0 aromatic heterocycles. The molecule has 1 aromatic rings. The molecule has 9 heteroatoms. The van der Waals surface area contributed by atoms with Crippen molar-refractivity contribution in [2.24, 2.45) is 0 Å². The van der Waals surface area contributed by atoms with Crippen molar-refractivity contribution in [2.45, 2.75) is 17.4 Å². The van der Waals surface area contributed by atoms with Crippen LogP contribution < -0.4 is 9.46 Å². The molecular formula is C12H16BrNO6S. The summed E-state index contributed by atoms with van der Waals surface area (Å²) < 4.78 is 36.6. The van der Waals surface area contributed by atoms with Gasteiger partial charge in [-0.15, -0.1) is 0 Å². The zero-order valence-electron chi connectivity index (χ0n) is 11.7. The van der Waals surface area contributed by atoms with E-state index in [1.165, 1.54) is 19.2 Å². The predicted molar refractivity (Wildman–Crippen MR) is 78.5 cm³/mol. The number of aliphatic hydroxyl groups is 1. The monoisotopic (exact) mass is 381 g/mol. The molecule has 0 unspecified atom stereocenters. The summed E-state index contributed by atoms with van der Waals surface area (Å²) in [5.74, 6) is -0.796. The van der Waals surface area contributed by atoms with Gasteiger partial charge in [0.1, 0.15) is 10.6 Å². The number of carbonyl (C=O) groups excluding carboxylic acids is 1. The molecule has 0 aliphatic heterocycles. The second-order valence-corrected chi connectivity index (χ2v) is 7.04. The Bertz CT molecular complexity index is 629. The highest BCUT2D eigenvalue weighted by atomic mass is 79.9. The Morgan fingerprint density at radius 1 is 1.43 bits per heavy atom. The average Bonchev–Trinajstić information content (AvgIpc) is 2.44. The first kappa shape index (κ1) is 17.9. The first-order valence-electron chi connectivity index (χ1n) is 5.78. The third-order valence-electron chi connectivity index (χ3n) is 2.65. The van der Waals surface area contributed by atoms with E-state index in [1.54, 1.807) is 6.07 Å². The number of nitrogens with one attached hydrogen (secondary N) is 1. The van der Waals surface area contributed by atoms with E-state index in [-0.39, 0.29) is 10.6 Å². The summed E-state index contributed by atoms with van der Waals surface area (Å²) in [6.45, 7) is 0.622. The summed E-state index contributed by atoms with van der Waals surface area (Å²) in [5.41, 5.74) is -1.97. The minimum absolute atomic E-state index is 0.111. The lowest BCUT2D eigenvalue weighted by Crippen LogP contribution is -2.47. The summed E-state index contributed by atoms with van der Waals surface area (Å²) >= 11 is 3.17. The molecule has 0 radical (unpaired) electrons. The molecule has 2 N–H and O–H groups in total. The van der Waals surface area contributed by atoms with Crippen LogP contribution in [0.1, 0.15) is 6.92 Å². The van der Waals surface area contributed by atoms with E-state index in [4.69, 9.17) is 4.74 Å². The van der Waals surface area contributed by atoms with Crippen LogP contribution in [0.3, 0.4) is 0 Å². The molecule has 0 aliphatic carbocycles. The maximum Gasteiger partial charge on any atom is 0.338 e. The van der Waals surface area contributed by atoms with Crippen LogP contribution in [0.5, 0.6) is 5.75 Å². The molecule has 118 valence electrons. The van der Waals surface area contributed by atoms with Crippen molar-refractivity contribution in [1.82, 2.24) is 4.72 Å². The number of carbonyl (C=O) groups is 1.